The van der Waals surface area contributed by atoms with Gasteiger partial charge in [-0.1, -0.05) is 29.8 Å². The Hall–Kier alpha value is -3.08. The zero-order valence-corrected chi connectivity index (χ0v) is 17.0. The van der Waals surface area contributed by atoms with Crippen molar-refractivity contribution in [1.29, 1.82) is 0 Å². The summed E-state index contributed by atoms with van der Waals surface area (Å²) in [6, 6.07) is 15.0. The van der Waals surface area contributed by atoms with Gasteiger partial charge in [0.15, 0.2) is 0 Å². The van der Waals surface area contributed by atoms with Crippen molar-refractivity contribution in [3.05, 3.63) is 65.4 Å². The summed E-state index contributed by atoms with van der Waals surface area (Å²) < 4.78 is 5.49. The first kappa shape index (κ1) is 19.2. The van der Waals surface area contributed by atoms with Crippen molar-refractivity contribution in [3.8, 4) is 5.75 Å². The molecule has 0 aromatic heterocycles. The molecule has 5 heteroatoms. The number of benzene rings is 2. The van der Waals surface area contributed by atoms with E-state index < -0.39 is 0 Å². The molecule has 0 N–H and O–H groups in total. The second kappa shape index (κ2) is 8.11. The van der Waals surface area contributed by atoms with E-state index in [0.29, 0.717) is 23.6 Å². The average molecular weight is 390 g/mol. The summed E-state index contributed by atoms with van der Waals surface area (Å²) in [5.41, 5.74) is 3.52. The Labute approximate surface area is 171 Å². The van der Waals surface area contributed by atoms with Crippen LogP contribution in [0.3, 0.4) is 0 Å². The maximum atomic E-state index is 13.5. The van der Waals surface area contributed by atoms with Crippen molar-refractivity contribution in [3.63, 3.8) is 0 Å². The maximum absolute atomic E-state index is 13.5. The molecule has 2 aliphatic heterocycles. The second-order valence-corrected chi connectivity index (χ2v) is 7.51. The molecule has 1 saturated heterocycles. The summed E-state index contributed by atoms with van der Waals surface area (Å²) in [4.78, 5) is 30.3. The molecule has 0 aliphatic carbocycles. The van der Waals surface area contributed by atoms with Crippen LogP contribution in [0.25, 0.3) is 5.57 Å². The van der Waals surface area contributed by atoms with E-state index in [2.05, 4.69) is 4.90 Å². The molecule has 0 radical (unpaired) electrons. The van der Waals surface area contributed by atoms with Crippen LogP contribution in [0.4, 0.5) is 5.69 Å². The lowest BCUT2D eigenvalue weighted by Crippen LogP contribution is -2.37. The van der Waals surface area contributed by atoms with Crippen LogP contribution in [0.5, 0.6) is 5.75 Å². The molecule has 2 aromatic carbocycles. The van der Waals surface area contributed by atoms with Crippen molar-refractivity contribution in [2.45, 2.75) is 33.1 Å². The predicted octanol–water partition coefficient (Wildman–Crippen LogP) is 4.16. The Kier molecular flexibility index (Phi) is 5.38. The van der Waals surface area contributed by atoms with Gasteiger partial charge in [0.25, 0.3) is 11.8 Å². The predicted molar refractivity (Wildman–Crippen MR) is 114 cm³/mol. The molecular formula is C24H26N2O3. The minimum Gasteiger partial charge on any atom is -0.494 e. The molecule has 0 spiro atoms. The number of anilines is 1. The average Bonchev–Trinajstić information content (AvgIpc) is 3.00. The van der Waals surface area contributed by atoms with Gasteiger partial charge < -0.3 is 9.64 Å². The highest BCUT2D eigenvalue weighted by Crippen LogP contribution is 2.36. The molecular weight excluding hydrogens is 364 g/mol. The number of amides is 2. The van der Waals surface area contributed by atoms with Crippen LogP contribution in [0, 0.1) is 6.92 Å². The van der Waals surface area contributed by atoms with E-state index >= 15 is 0 Å². The highest BCUT2D eigenvalue weighted by Gasteiger charge is 2.42. The first-order valence-corrected chi connectivity index (χ1v) is 10.3. The Morgan fingerprint density at radius 3 is 2.14 bits per heavy atom. The lowest BCUT2D eigenvalue weighted by atomic mass is 10.0. The third-order valence-electron chi connectivity index (χ3n) is 5.48. The largest absolute Gasteiger partial charge is 0.494 e. The highest BCUT2D eigenvalue weighted by molar-refractivity contribution is 6.45. The second-order valence-electron chi connectivity index (χ2n) is 7.51. The summed E-state index contributed by atoms with van der Waals surface area (Å²) in [6.07, 6.45) is 3.23. The molecule has 1 fully saturated rings. The van der Waals surface area contributed by atoms with Crippen LogP contribution in [-0.2, 0) is 9.59 Å². The van der Waals surface area contributed by atoms with Crippen molar-refractivity contribution >= 4 is 23.1 Å². The van der Waals surface area contributed by atoms with Gasteiger partial charge in [0.05, 0.1) is 17.9 Å². The Bertz CT molecular complexity index is 939. The van der Waals surface area contributed by atoms with E-state index in [1.807, 2.05) is 38.1 Å². The quantitative estimate of drug-likeness (QED) is 0.719. The standard InChI is InChI=1S/C24H26N2O3/c1-3-29-20-13-11-19(12-14-20)26-23(27)21(18-9-7-17(2)8-10-18)22(24(26)28)25-15-5-4-6-16-25/h7-14H,3-6,15-16H2,1-2H3. The Morgan fingerprint density at radius 1 is 0.862 bits per heavy atom. The molecule has 4 rings (SSSR count). The summed E-state index contributed by atoms with van der Waals surface area (Å²) in [5.74, 6) is 0.221. The summed E-state index contributed by atoms with van der Waals surface area (Å²) in [6.45, 7) is 6.11. The van der Waals surface area contributed by atoms with Crippen molar-refractivity contribution < 1.29 is 14.3 Å². The normalized spacial score (nSPS) is 17.3. The van der Waals surface area contributed by atoms with Gasteiger partial charge in [-0.2, -0.15) is 0 Å². The fourth-order valence-corrected chi connectivity index (χ4v) is 4.00. The molecule has 2 aliphatic rings. The number of aryl methyl sites for hydroxylation is 1. The molecule has 2 heterocycles. The van der Waals surface area contributed by atoms with Gasteiger partial charge in [-0.3, -0.25) is 9.59 Å². The molecule has 2 aromatic rings. The zero-order valence-electron chi connectivity index (χ0n) is 17.0. The third-order valence-corrected chi connectivity index (χ3v) is 5.48. The van der Waals surface area contributed by atoms with Gasteiger partial charge in [0.1, 0.15) is 11.4 Å². The lowest BCUT2D eigenvalue weighted by Gasteiger charge is -2.29. The number of hydrogen-bond acceptors (Lipinski definition) is 4. The summed E-state index contributed by atoms with van der Waals surface area (Å²) >= 11 is 0. The summed E-state index contributed by atoms with van der Waals surface area (Å²) in [5, 5.41) is 0. The van der Waals surface area contributed by atoms with Crippen LogP contribution < -0.4 is 9.64 Å². The zero-order chi connectivity index (χ0) is 20.4. The minimum atomic E-state index is -0.261. The monoisotopic (exact) mass is 390 g/mol. The van der Waals surface area contributed by atoms with Crippen molar-refractivity contribution in [2.75, 3.05) is 24.6 Å². The van der Waals surface area contributed by atoms with Crippen LogP contribution in [0.2, 0.25) is 0 Å². The molecule has 150 valence electrons. The number of likely N-dealkylation sites (tertiary alicyclic amines) is 1. The fourth-order valence-electron chi connectivity index (χ4n) is 4.00. The van der Waals surface area contributed by atoms with Crippen LogP contribution in [-0.4, -0.2) is 36.4 Å². The molecule has 0 unspecified atom stereocenters. The third kappa shape index (κ3) is 3.65. The lowest BCUT2D eigenvalue weighted by molar-refractivity contribution is -0.120. The molecule has 5 nitrogen and oxygen atoms in total. The van der Waals surface area contributed by atoms with Crippen molar-refractivity contribution in [1.82, 2.24) is 4.90 Å². The topological polar surface area (TPSA) is 49.9 Å². The number of carbonyl (C=O) groups is 2. The number of imide groups is 1. The van der Waals surface area contributed by atoms with Crippen molar-refractivity contribution in [2.24, 2.45) is 0 Å². The van der Waals surface area contributed by atoms with Crippen LogP contribution >= 0.6 is 0 Å². The molecule has 0 bridgehead atoms. The van der Waals surface area contributed by atoms with Crippen LogP contribution in [0.1, 0.15) is 37.3 Å². The molecule has 2 amide bonds. The maximum Gasteiger partial charge on any atom is 0.282 e. The smallest absolute Gasteiger partial charge is 0.282 e. The Morgan fingerprint density at radius 2 is 1.52 bits per heavy atom. The number of piperidine rings is 1. The SMILES string of the molecule is CCOc1ccc(N2C(=O)C(c3ccc(C)cc3)=C(N3CCCCC3)C2=O)cc1. The highest BCUT2D eigenvalue weighted by atomic mass is 16.5. The number of hydrogen-bond donors (Lipinski definition) is 0. The van der Waals surface area contributed by atoms with E-state index in [4.69, 9.17) is 4.74 Å². The van der Waals surface area contributed by atoms with Gasteiger partial charge in [0.2, 0.25) is 0 Å². The van der Waals surface area contributed by atoms with E-state index in [1.165, 1.54) is 4.90 Å². The first-order valence-electron chi connectivity index (χ1n) is 10.3. The molecule has 29 heavy (non-hydrogen) atoms. The number of carbonyl (C=O) groups excluding carboxylic acids is 2. The molecule has 0 atom stereocenters. The van der Waals surface area contributed by atoms with Gasteiger partial charge in [-0.25, -0.2) is 4.90 Å². The first-order chi connectivity index (χ1) is 14.1. The minimum absolute atomic E-state index is 0.239. The van der Waals surface area contributed by atoms with E-state index in [1.54, 1.807) is 24.3 Å². The Balaban J connectivity index is 1.75. The number of ether oxygens (including phenoxy) is 1. The van der Waals surface area contributed by atoms with E-state index in [9.17, 15) is 9.59 Å². The van der Waals surface area contributed by atoms with Gasteiger partial charge in [0, 0.05) is 13.1 Å². The van der Waals surface area contributed by atoms with E-state index in [-0.39, 0.29) is 11.8 Å². The fraction of sp³-hybridized carbons (Fsp3) is 0.333. The van der Waals surface area contributed by atoms with Gasteiger partial charge >= 0.3 is 0 Å². The summed E-state index contributed by atoms with van der Waals surface area (Å²) in [7, 11) is 0. The van der Waals surface area contributed by atoms with Gasteiger partial charge in [-0.15, -0.1) is 0 Å². The van der Waals surface area contributed by atoms with E-state index in [0.717, 1.165) is 49.2 Å². The molecule has 0 saturated carbocycles. The van der Waals surface area contributed by atoms with Gasteiger partial charge in [-0.05, 0) is 62.9 Å². The number of nitrogens with zero attached hydrogens (tertiary/aromatic N) is 2. The number of rotatable bonds is 5. The van der Waals surface area contributed by atoms with Crippen LogP contribution in [0.15, 0.2) is 54.2 Å².